The van der Waals surface area contributed by atoms with E-state index >= 15 is 0 Å². The monoisotopic (exact) mass is 379 g/mol. The van der Waals surface area contributed by atoms with Crippen molar-refractivity contribution in [2.24, 2.45) is 0 Å². The van der Waals surface area contributed by atoms with E-state index in [2.05, 4.69) is 11.4 Å². The number of ketones is 1. The molecule has 0 spiro atoms. The number of carbonyl (C=O) groups excluding carboxylic acids is 2. The van der Waals surface area contributed by atoms with Crippen LogP contribution >= 0.6 is 0 Å². The SMILES string of the molecule is O=C(CCC(=O)c1ccc2c(c1)CCCC2)Nc1ccc2c(c1)OCCCO2. The maximum atomic E-state index is 12.5. The molecule has 0 unspecified atom stereocenters. The van der Waals surface area contributed by atoms with Gasteiger partial charge in [0.15, 0.2) is 17.3 Å². The van der Waals surface area contributed by atoms with E-state index in [9.17, 15) is 9.59 Å². The average molecular weight is 379 g/mol. The van der Waals surface area contributed by atoms with Crippen LogP contribution in [0.1, 0.15) is 53.6 Å². The van der Waals surface area contributed by atoms with E-state index in [1.54, 1.807) is 18.2 Å². The highest BCUT2D eigenvalue weighted by atomic mass is 16.5. The van der Waals surface area contributed by atoms with Crippen LogP contribution in [0.2, 0.25) is 0 Å². The number of carbonyl (C=O) groups is 2. The second-order valence-electron chi connectivity index (χ2n) is 7.37. The van der Waals surface area contributed by atoms with Gasteiger partial charge in [-0.05, 0) is 55.0 Å². The molecule has 4 rings (SSSR count). The lowest BCUT2D eigenvalue weighted by atomic mass is 9.89. The lowest BCUT2D eigenvalue weighted by Crippen LogP contribution is -2.14. The minimum atomic E-state index is -0.180. The average Bonchev–Trinajstić information content (AvgIpc) is 2.96. The van der Waals surface area contributed by atoms with Gasteiger partial charge in [0.1, 0.15) is 0 Å². The third-order valence-corrected chi connectivity index (χ3v) is 5.28. The summed E-state index contributed by atoms with van der Waals surface area (Å²) in [7, 11) is 0. The molecule has 1 aliphatic carbocycles. The van der Waals surface area contributed by atoms with Crippen LogP contribution in [-0.4, -0.2) is 24.9 Å². The Kier molecular flexibility index (Phi) is 5.60. The number of rotatable bonds is 5. The Morgan fingerprint density at radius 3 is 2.46 bits per heavy atom. The second-order valence-corrected chi connectivity index (χ2v) is 7.37. The summed E-state index contributed by atoms with van der Waals surface area (Å²) in [5, 5.41) is 2.84. The van der Waals surface area contributed by atoms with Crippen molar-refractivity contribution < 1.29 is 19.1 Å². The van der Waals surface area contributed by atoms with E-state index in [0.717, 1.165) is 19.3 Å². The molecule has 2 aromatic rings. The fourth-order valence-corrected chi connectivity index (χ4v) is 3.74. The first-order valence-corrected chi connectivity index (χ1v) is 10.0. The summed E-state index contributed by atoms with van der Waals surface area (Å²) in [6.07, 6.45) is 5.74. The minimum absolute atomic E-state index is 0.0159. The molecule has 0 saturated heterocycles. The van der Waals surface area contributed by atoms with E-state index < -0.39 is 0 Å². The summed E-state index contributed by atoms with van der Waals surface area (Å²) in [6.45, 7) is 1.23. The van der Waals surface area contributed by atoms with Crippen molar-refractivity contribution in [3.63, 3.8) is 0 Å². The van der Waals surface area contributed by atoms with Crippen molar-refractivity contribution in [1.29, 1.82) is 0 Å². The summed E-state index contributed by atoms with van der Waals surface area (Å²) >= 11 is 0. The molecular weight excluding hydrogens is 354 g/mol. The van der Waals surface area contributed by atoms with Gasteiger partial charge in [-0.2, -0.15) is 0 Å². The normalized spacial score (nSPS) is 15.3. The number of anilines is 1. The Balaban J connectivity index is 1.33. The maximum absolute atomic E-state index is 12.5. The summed E-state index contributed by atoms with van der Waals surface area (Å²) in [4.78, 5) is 24.8. The highest BCUT2D eigenvalue weighted by Gasteiger charge is 2.15. The Hall–Kier alpha value is -2.82. The summed E-state index contributed by atoms with van der Waals surface area (Å²) in [6, 6.07) is 11.3. The lowest BCUT2D eigenvalue weighted by molar-refractivity contribution is -0.116. The van der Waals surface area contributed by atoms with E-state index in [0.29, 0.717) is 36.0 Å². The Morgan fingerprint density at radius 2 is 1.61 bits per heavy atom. The Morgan fingerprint density at radius 1 is 0.821 bits per heavy atom. The van der Waals surface area contributed by atoms with Crippen molar-refractivity contribution in [2.75, 3.05) is 18.5 Å². The first-order valence-electron chi connectivity index (χ1n) is 10.0. The second kappa shape index (κ2) is 8.46. The Labute approximate surface area is 165 Å². The largest absolute Gasteiger partial charge is 0.490 e. The standard InChI is InChI=1S/C23H25NO4/c25-20(18-7-6-16-4-1-2-5-17(16)14-18)9-11-23(26)24-19-8-10-21-22(15-19)28-13-3-12-27-21/h6-8,10,14-15H,1-5,9,11-13H2,(H,24,26). The van der Waals surface area contributed by atoms with Crippen LogP contribution in [0.15, 0.2) is 36.4 Å². The molecule has 0 bridgehead atoms. The van der Waals surface area contributed by atoms with Gasteiger partial charge in [-0.3, -0.25) is 9.59 Å². The molecule has 0 atom stereocenters. The van der Waals surface area contributed by atoms with E-state index in [1.807, 2.05) is 12.1 Å². The number of hydrogen-bond donors (Lipinski definition) is 1. The predicted octanol–water partition coefficient (Wildman–Crippen LogP) is 4.33. The van der Waals surface area contributed by atoms with Crippen LogP contribution in [-0.2, 0) is 17.6 Å². The zero-order chi connectivity index (χ0) is 19.3. The zero-order valence-electron chi connectivity index (χ0n) is 16.0. The highest BCUT2D eigenvalue weighted by molar-refractivity contribution is 6.00. The smallest absolute Gasteiger partial charge is 0.224 e. The molecule has 0 radical (unpaired) electrons. The molecule has 1 N–H and O–H groups in total. The summed E-state index contributed by atoms with van der Waals surface area (Å²) in [5.41, 5.74) is 4.00. The molecule has 5 nitrogen and oxygen atoms in total. The van der Waals surface area contributed by atoms with Crippen molar-refractivity contribution in [3.8, 4) is 11.5 Å². The third-order valence-electron chi connectivity index (χ3n) is 5.28. The van der Waals surface area contributed by atoms with Crippen LogP contribution in [0.5, 0.6) is 11.5 Å². The van der Waals surface area contributed by atoms with Crippen LogP contribution in [0, 0.1) is 0 Å². The van der Waals surface area contributed by atoms with Gasteiger partial charge in [-0.25, -0.2) is 0 Å². The topological polar surface area (TPSA) is 64.6 Å². The third kappa shape index (κ3) is 4.35. The quantitative estimate of drug-likeness (QED) is 0.786. The molecule has 28 heavy (non-hydrogen) atoms. The molecule has 0 aromatic heterocycles. The molecule has 1 aliphatic heterocycles. The first kappa shape index (κ1) is 18.5. The van der Waals surface area contributed by atoms with Crippen LogP contribution < -0.4 is 14.8 Å². The van der Waals surface area contributed by atoms with Crippen molar-refractivity contribution in [3.05, 3.63) is 53.1 Å². The molecule has 5 heteroatoms. The van der Waals surface area contributed by atoms with Gasteiger partial charge in [0, 0.05) is 36.6 Å². The number of nitrogens with one attached hydrogen (secondary N) is 1. The summed E-state index contributed by atoms with van der Waals surface area (Å²) in [5.74, 6) is 1.17. The maximum Gasteiger partial charge on any atom is 0.224 e. The van der Waals surface area contributed by atoms with E-state index in [1.165, 1.54) is 24.0 Å². The van der Waals surface area contributed by atoms with E-state index in [4.69, 9.17) is 9.47 Å². The fraction of sp³-hybridized carbons (Fsp3) is 0.391. The summed E-state index contributed by atoms with van der Waals surface area (Å²) < 4.78 is 11.2. The van der Waals surface area contributed by atoms with E-state index in [-0.39, 0.29) is 24.5 Å². The zero-order valence-corrected chi connectivity index (χ0v) is 16.0. The number of amides is 1. The highest BCUT2D eigenvalue weighted by Crippen LogP contribution is 2.32. The van der Waals surface area contributed by atoms with Gasteiger partial charge in [0.2, 0.25) is 5.91 Å². The van der Waals surface area contributed by atoms with Gasteiger partial charge in [-0.15, -0.1) is 0 Å². The van der Waals surface area contributed by atoms with Crippen molar-refractivity contribution >= 4 is 17.4 Å². The van der Waals surface area contributed by atoms with Crippen LogP contribution in [0.4, 0.5) is 5.69 Å². The van der Waals surface area contributed by atoms with Crippen molar-refractivity contribution in [2.45, 2.75) is 44.9 Å². The van der Waals surface area contributed by atoms with Gasteiger partial charge >= 0.3 is 0 Å². The first-order chi connectivity index (χ1) is 13.7. The van der Waals surface area contributed by atoms with Crippen molar-refractivity contribution in [1.82, 2.24) is 0 Å². The lowest BCUT2D eigenvalue weighted by Gasteiger charge is -2.16. The van der Waals surface area contributed by atoms with Gasteiger partial charge < -0.3 is 14.8 Å². The number of benzene rings is 2. The molecule has 2 aliphatic rings. The number of hydrogen-bond acceptors (Lipinski definition) is 4. The number of aryl methyl sites for hydroxylation is 2. The molecular formula is C23H25NO4. The molecule has 0 fully saturated rings. The number of Topliss-reactive ketones (excluding diaryl/α,β-unsaturated/α-hetero) is 1. The number of fused-ring (bicyclic) bond motifs is 2. The predicted molar refractivity (Wildman–Crippen MR) is 107 cm³/mol. The molecule has 1 amide bonds. The van der Waals surface area contributed by atoms with Crippen LogP contribution in [0.25, 0.3) is 0 Å². The molecule has 0 saturated carbocycles. The minimum Gasteiger partial charge on any atom is -0.490 e. The van der Waals surface area contributed by atoms with Gasteiger partial charge in [0.25, 0.3) is 0 Å². The molecule has 2 aromatic carbocycles. The molecule has 1 heterocycles. The van der Waals surface area contributed by atoms with Crippen LogP contribution in [0.3, 0.4) is 0 Å². The number of ether oxygens (including phenoxy) is 2. The van der Waals surface area contributed by atoms with Gasteiger partial charge in [-0.1, -0.05) is 12.1 Å². The molecule has 146 valence electrons. The Bertz CT molecular complexity index is 890. The fourth-order valence-electron chi connectivity index (χ4n) is 3.74. The van der Waals surface area contributed by atoms with Gasteiger partial charge in [0.05, 0.1) is 13.2 Å².